The van der Waals surface area contributed by atoms with Crippen molar-refractivity contribution in [3.63, 3.8) is 0 Å². The van der Waals surface area contributed by atoms with Crippen LogP contribution in [-0.4, -0.2) is 28.7 Å². The van der Waals surface area contributed by atoms with Gasteiger partial charge in [0.05, 0.1) is 6.10 Å². The van der Waals surface area contributed by atoms with Gasteiger partial charge in [-0.05, 0) is 79.3 Å². The molecule has 3 fully saturated rings. The lowest BCUT2D eigenvalue weighted by Crippen LogP contribution is -2.55. The van der Waals surface area contributed by atoms with E-state index >= 15 is 0 Å². The highest BCUT2D eigenvalue weighted by Gasteiger charge is 2.61. The Kier molecular flexibility index (Phi) is 4.05. The zero-order valence-electron chi connectivity index (χ0n) is 15.7. The van der Waals surface area contributed by atoms with Crippen LogP contribution in [0.1, 0.15) is 52.9 Å². The molecule has 2 N–H and O–H groups in total. The second-order valence-corrected chi connectivity index (χ2v) is 9.64. The van der Waals surface area contributed by atoms with Gasteiger partial charge in [0.2, 0.25) is 0 Å². The van der Waals surface area contributed by atoms with Crippen molar-refractivity contribution in [1.29, 1.82) is 0 Å². The molecule has 0 aliphatic heterocycles. The van der Waals surface area contributed by atoms with Crippen LogP contribution in [0.2, 0.25) is 0 Å². The maximum Gasteiger partial charge on any atom is 0.178 e. The molecule has 0 aromatic rings. The molecular formula is C22H32O3. The molecule has 0 aromatic heterocycles. The molecule has 25 heavy (non-hydrogen) atoms. The summed E-state index contributed by atoms with van der Waals surface area (Å²) in [5.74, 6) is 2.23. The molecule has 4 aliphatic carbocycles. The molecule has 4 rings (SSSR count). The fraction of sp³-hybridized carbons (Fsp3) is 0.773. The third-order valence-electron chi connectivity index (χ3n) is 8.63. The third kappa shape index (κ3) is 2.35. The van der Waals surface area contributed by atoms with Crippen LogP contribution in [0.5, 0.6) is 0 Å². The first kappa shape index (κ1) is 17.5. The van der Waals surface area contributed by atoms with E-state index in [1.807, 2.05) is 0 Å². The normalized spacial score (nSPS) is 49.9. The lowest BCUT2D eigenvalue weighted by molar-refractivity contribution is -0.113. The third-order valence-corrected chi connectivity index (χ3v) is 8.63. The van der Waals surface area contributed by atoms with Crippen LogP contribution in [0, 0.1) is 40.4 Å². The van der Waals surface area contributed by atoms with Crippen molar-refractivity contribution >= 4 is 5.78 Å². The SMILES string of the molecule is C[C@H](CO)[C@H]1CC[C@H]2[C@@H]3C(O)CC4=CC(=O)C=C[C@]4(C)[C@H]3CC[C@]12C. The molecule has 3 heteroatoms. The monoisotopic (exact) mass is 344 g/mol. The van der Waals surface area contributed by atoms with E-state index in [0.717, 1.165) is 12.0 Å². The van der Waals surface area contributed by atoms with Crippen molar-refractivity contribution in [2.75, 3.05) is 6.61 Å². The van der Waals surface area contributed by atoms with Crippen molar-refractivity contribution in [3.05, 3.63) is 23.8 Å². The second-order valence-electron chi connectivity index (χ2n) is 9.64. The Hall–Kier alpha value is -0.930. The molecule has 1 unspecified atom stereocenters. The van der Waals surface area contributed by atoms with E-state index in [0.29, 0.717) is 36.0 Å². The van der Waals surface area contributed by atoms with Crippen molar-refractivity contribution in [3.8, 4) is 0 Å². The zero-order valence-corrected chi connectivity index (χ0v) is 15.7. The summed E-state index contributed by atoms with van der Waals surface area (Å²) in [5, 5.41) is 20.8. The summed E-state index contributed by atoms with van der Waals surface area (Å²) in [5.41, 5.74) is 1.30. The van der Waals surface area contributed by atoms with Gasteiger partial charge in [-0.15, -0.1) is 0 Å². The molecule has 3 nitrogen and oxygen atoms in total. The maximum absolute atomic E-state index is 11.8. The van der Waals surface area contributed by atoms with Gasteiger partial charge in [-0.3, -0.25) is 4.79 Å². The number of hydrogen-bond donors (Lipinski definition) is 2. The summed E-state index contributed by atoms with van der Waals surface area (Å²) in [4.78, 5) is 11.8. The summed E-state index contributed by atoms with van der Waals surface area (Å²) in [6.45, 7) is 7.13. The molecule has 0 amide bonds. The van der Waals surface area contributed by atoms with Crippen LogP contribution in [0.15, 0.2) is 23.8 Å². The fourth-order valence-corrected chi connectivity index (χ4v) is 7.27. The van der Waals surface area contributed by atoms with E-state index in [2.05, 4.69) is 26.8 Å². The number of rotatable bonds is 2. The highest BCUT2D eigenvalue weighted by molar-refractivity contribution is 6.01. The van der Waals surface area contributed by atoms with Gasteiger partial charge in [0.1, 0.15) is 0 Å². The van der Waals surface area contributed by atoms with E-state index in [9.17, 15) is 15.0 Å². The summed E-state index contributed by atoms with van der Waals surface area (Å²) < 4.78 is 0. The zero-order chi connectivity index (χ0) is 18.0. The average molecular weight is 344 g/mol. The second kappa shape index (κ2) is 5.79. The van der Waals surface area contributed by atoms with Crippen LogP contribution in [0.3, 0.4) is 0 Å². The Balaban J connectivity index is 1.69. The molecule has 0 spiro atoms. The molecule has 0 radical (unpaired) electrons. The Bertz CT molecular complexity index is 635. The van der Waals surface area contributed by atoms with E-state index < -0.39 is 0 Å². The number of fused-ring (bicyclic) bond motifs is 5. The Labute approximate surface area is 151 Å². The van der Waals surface area contributed by atoms with Crippen LogP contribution in [-0.2, 0) is 4.79 Å². The summed E-state index contributed by atoms with van der Waals surface area (Å²) in [7, 11) is 0. The lowest BCUT2D eigenvalue weighted by Gasteiger charge is -2.58. The Morgan fingerprint density at radius 3 is 2.72 bits per heavy atom. The summed E-state index contributed by atoms with van der Waals surface area (Å²) >= 11 is 0. The van der Waals surface area contributed by atoms with E-state index in [1.165, 1.54) is 19.3 Å². The molecule has 3 saturated carbocycles. The maximum atomic E-state index is 11.8. The van der Waals surface area contributed by atoms with Gasteiger partial charge in [-0.1, -0.05) is 32.4 Å². The van der Waals surface area contributed by atoms with Gasteiger partial charge in [0, 0.05) is 12.0 Å². The van der Waals surface area contributed by atoms with Crippen LogP contribution in [0.4, 0.5) is 0 Å². The van der Waals surface area contributed by atoms with Gasteiger partial charge in [0.15, 0.2) is 5.78 Å². The lowest BCUT2D eigenvalue weighted by atomic mass is 9.46. The molecule has 0 saturated heterocycles. The quantitative estimate of drug-likeness (QED) is 0.806. The van der Waals surface area contributed by atoms with E-state index in [4.69, 9.17) is 0 Å². The Morgan fingerprint density at radius 1 is 1.24 bits per heavy atom. The smallest absolute Gasteiger partial charge is 0.178 e. The average Bonchev–Trinajstić information content (AvgIpc) is 2.93. The minimum absolute atomic E-state index is 0.0662. The number of ketones is 1. The van der Waals surface area contributed by atoms with Gasteiger partial charge < -0.3 is 10.2 Å². The van der Waals surface area contributed by atoms with Crippen molar-refractivity contribution in [2.45, 2.75) is 59.0 Å². The standard InChI is InChI=1S/C22H32O3/c1-13(12-23)16-4-5-17-20-18(7-9-22(16,17)3)21(2)8-6-15(24)10-14(21)11-19(20)25/h6,8,10,13,16-20,23,25H,4-5,7,9,11-12H2,1-3H3/t13-,16-,17+,18+,19?,20+,21+,22-/m1/s1. The van der Waals surface area contributed by atoms with Crippen molar-refractivity contribution in [1.82, 2.24) is 0 Å². The largest absolute Gasteiger partial charge is 0.396 e. The van der Waals surface area contributed by atoms with E-state index in [1.54, 1.807) is 12.2 Å². The number of aliphatic hydroxyl groups is 2. The molecule has 4 aliphatic rings. The number of carbonyl (C=O) groups is 1. The van der Waals surface area contributed by atoms with Crippen LogP contribution < -0.4 is 0 Å². The van der Waals surface area contributed by atoms with Gasteiger partial charge in [-0.2, -0.15) is 0 Å². The molecule has 8 atom stereocenters. The number of allylic oxidation sites excluding steroid dienone is 3. The van der Waals surface area contributed by atoms with Gasteiger partial charge >= 0.3 is 0 Å². The van der Waals surface area contributed by atoms with Crippen molar-refractivity contribution in [2.24, 2.45) is 40.4 Å². The molecule has 0 aromatic carbocycles. The fourth-order valence-electron chi connectivity index (χ4n) is 7.27. The van der Waals surface area contributed by atoms with Crippen molar-refractivity contribution < 1.29 is 15.0 Å². The molecular weight excluding hydrogens is 312 g/mol. The highest BCUT2D eigenvalue weighted by atomic mass is 16.3. The minimum atomic E-state index is -0.337. The number of hydrogen-bond acceptors (Lipinski definition) is 3. The highest BCUT2D eigenvalue weighted by Crippen LogP contribution is 2.66. The predicted octanol–water partition coefficient (Wildman–Crippen LogP) is 3.51. The minimum Gasteiger partial charge on any atom is -0.396 e. The van der Waals surface area contributed by atoms with E-state index in [-0.39, 0.29) is 29.3 Å². The van der Waals surface area contributed by atoms with Gasteiger partial charge in [-0.25, -0.2) is 0 Å². The molecule has 138 valence electrons. The number of aliphatic hydroxyl groups excluding tert-OH is 2. The van der Waals surface area contributed by atoms with Gasteiger partial charge in [0.25, 0.3) is 0 Å². The molecule has 0 bridgehead atoms. The summed E-state index contributed by atoms with van der Waals surface area (Å²) in [6.07, 6.45) is 10.6. The summed E-state index contributed by atoms with van der Waals surface area (Å²) in [6, 6.07) is 0. The van der Waals surface area contributed by atoms with Crippen LogP contribution >= 0.6 is 0 Å². The molecule has 0 heterocycles. The predicted molar refractivity (Wildman–Crippen MR) is 97.7 cm³/mol. The first-order valence-electron chi connectivity index (χ1n) is 10.0. The first-order valence-corrected chi connectivity index (χ1v) is 10.0. The topological polar surface area (TPSA) is 57.5 Å². The Morgan fingerprint density at radius 2 is 2.00 bits per heavy atom. The number of carbonyl (C=O) groups excluding carboxylic acids is 1. The first-order chi connectivity index (χ1) is 11.8. The van der Waals surface area contributed by atoms with Crippen LogP contribution in [0.25, 0.3) is 0 Å².